The number of hydrogen-bond acceptors (Lipinski definition) is 2. The zero-order valence-electron chi connectivity index (χ0n) is 10.8. The number of nitrogens with zero attached hydrogens (tertiary/aromatic N) is 1. The predicted molar refractivity (Wildman–Crippen MR) is 68.7 cm³/mol. The Kier molecular flexibility index (Phi) is 4.47. The summed E-state index contributed by atoms with van der Waals surface area (Å²) in [4.78, 5) is 1.54. The van der Waals surface area contributed by atoms with Gasteiger partial charge in [-0.25, -0.2) is 0 Å². The van der Waals surface area contributed by atoms with E-state index in [1.807, 2.05) is 24.3 Å². The van der Waals surface area contributed by atoms with Crippen molar-refractivity contribution in [2.24, 2.45) is 5.73 Å². The number of alkyl halides is 3. The molecule has 1 aliphatic rings. The van der Waals surface area contributed by atoms with Crippen LogP contribution in [-0.4, -0.2) is 30.2 Å². The van der Waals surface area contributed by atoms with Gasteiger partial charge in [-0.2, -0.15) is 13.2 Å². The minimum absolute atomic E-state index is 0.0903. The second kappa shape index (κ2) is 5.92. The van der Waals surface area contributed by atoms with Crippen molar-refractivity contribution in [2.75, 3.05) is 13.1 Å². The highest BCUT2D eigenvalue weighted by Crippen LogP contribution is 2.31. The van der Waals surface area contributed by atoms with E-state index < -0.39 is 12.7 Å². The third-order valence-corrected chi connectivity index (χ3v) is 3.35. The molecular weight excluding hydrogens is 253 g/mol. The Morgan fingerprint density at radius 3 is 2.32 bits per heavy atom. The first-order valence-corrected chi connectivity index (χ1v) is 6.57. The van der Waals surface area contributed by atoms with Crippen molar-refractivity contribution in [3.05, 3.63) is 35.4 Å². The van der Waals surface area contributed by atoms with E-state index in [0.717, 1.165) is 24.0 Å². The quantitative estimate of drug-likeness (QED) is 0.862. The lowest BCUT2D eigenvalue weighted by Gasteiger charge is -2.24. The fraction of sp³-hybridized carbons (Fsp3) is 0.571. The summed E-state index contributed by atoms with van der Waals surface area (Å²) in [5.74, 6) is 0. The molecule has 5 heteroatoms. The second-order valence-corrected chi connectivity index (χ2v) is 5.06. The minimum Gasteiger partial charge on any atom is -0.330 e. The van der Waals surface area contributed by atoms with Gasteiger partial charge in [-0.05, 0) is 36.9 Å². The third kappa shape index (κ3) is 4.51. The largest absolute Gasteiger partial charge is 0.401 e. The summed E-state index contributed by atoms with van der Waals surface area (Å²) in [6.45, 7) is 0.0503. The Morgan fingerprint density at radius 2 is 1.79 bits per heavy atom. The van der Waals surface area contributed by atoms with Crippen LogP contribution in [0.25, 0.3) is 0 Å². The molecule has 0 amide bonds. The van der Waals surface area contributed by atoms with E-state index in [-0.39, 0.29) is 6.04 Å². The highest BCUT2D eigenvalue weighted by Gasteiger charge is 2.38. The molecule has 0 aromatic heterocycles. The zero-order chi connectivity index (χ0) is 13.9. The number of hydrogen-bond donors (Lipinski definition) is 1. The summed E-state index contributed by atoms with van der Waals surface area (Å²) in [7, 11) is 0. The third-order valence-electron chi connectivity index (χ3n) is 3.35. The number of nitrogens with two attached hydrogens (primary N) is 1. The Bertz CT molecular complexity index is 413. The second-order valence-electron chi connectivity index (χ2n) is 5.06. The molecule has 2 nitrogen and oxygen atoms in total. The first kappa shape index (κ1) is 14.3. The van der Waals surface area contributed by atoms with Crippen LogP contribution in [-0.2, 0) is 13.0 Å². The molecule has 1 saturated carbocycles. The van der Waals surface area contributed by atoms with Crippen molar-refractivity contribution in [1.29, 1.82) is 0 Å². The van der Waals surface area contributed by atoms with E-state index in [1.54, 1.807) is 0 Å². The van der Waals surface area contributed by atoms with Gasteiger partial charge in [-0.1, -0.05) is 24.3 Å². The lowest BCUT2D eigenvalue weighted by molar-refractivity contribution is -0.148. The van der Waals surface area contributed by atoms with Crippen LogP contribution in [0.4, 0.5) is 13.2 Å². The van der Waals surface area contributed by atoms with E-state index >= 15 is 0 Å². The van der Waals surface area contributed by atoms with Crippen LogP contribution in [0.1, 0.15) is 24.0 Å². The van der Waals surface area contributed by atoms with Crippen LogP contribution < -0.4 is 5.73 Å². The average Bonchev–Trinajstić information content (AvgIpc) is 3.13. The molecule has 19 heavy (non-hydrogen) atoms. The smallest absolute Gasteiger partial charge is 0.330 e. The molecule has 1 aromatic carbocycles. The van der Waals surface area contributed by atoms with Crippen LogP contribution in [0.5, 0.6) is 0 Å². The summed E-state index contributed by atoms with van der Waals surface area (Å²) in [5.41, 5.74) is 7.56. The molecule has 0 saturated heterocycles. The molecule has 0 spiro atoms. The van der Waals surface area contributed by atoms with Crippen LogP contribution in [0.15, 0.2) is 24.3 Å². The highest BCUT2D eigenvalue weighted by molar-refractivity contribution is 5.27. The van der Waals surface area contributed by atoms with Crippen molar-refractivity contribution in [1.82, 2.24) is 4.90 Å². The van der Waals surface area contributed by atoms with Gasteiger partial charge in [0.05, 0.1) is 6.54 Å². The van der Waals surface area contributed by atoms with Gasteiger partial charge in [-0.15, -0.1) is 0 Å². The molecule has 0 bridgehead atoms. The van der Waals surface area contributed by atoms with Gasteiger partial charge < -0.3 is 5.73 Å². The molecule has 0 unspecified atom stereocenters. The molecule has 0 heterocycles. The fourth-order valence-electron chi connectivity index (χ4n) is 2.31. The van der Waals surface area contributed by atoms with Crippen LogP contribution in [0, 0.1) is 0 Å². The summed E-state index contributed by atoms with van der Waals surface area (Å²) >= 11 is 0. The molecule has 0 aliphatic heterocycles. The van der Waals surface area contributed by atoms with Crippen LogP contribution in [0.2, 0.25) is 0 Å². The van der Waals surface area contributed by atoms with Crippen LogP contribution in [0.3, 0.4) is 0 Å². The minimum atomic E-state index is -4.13. The SMILES string of the molecule is NCCc1ccccc1CN(CC(F)(F)F)C1CC1. The molecule has 2 N–H and O–H groups in total. The Hall–Kier alpha value is -1.07. The fourth-order valence-corrected chi connectivity index (χ4v) is 2.31. The maximum absolute atomic E-state index is 12.6. The van der Waals surface area contributed by atoms with E-state index in [0.29, 0.717) is 19.5 Å². The van der Waals surface area contributed by atoms with Crippen molar-refractivity contribution in [2.45, 2.75) is 38.0 Å². The van der Waals surface area contributed by atoms with Crippen molar-refractivity contribution < 1.29 is 13.2 Å². The van der Waals surface area contributed by atoms with E-state index in [4.69, 9.17) is 5.73 Å². The lowest BCUT2D eigenvalue weighted by Crippen LogP contribution is -2.35. The topological polar surface area (TPSA) is 29.3 Å². The molecule has 1 fully saturated rings. The monoisotopic (exact) mass is 272 g/mol. The van der Waals surface area contributed by atoms with Gasteiger partial charge in [0.15, 0.2) is 0 Å². The maximum atomic E-state index is 12.6. The van der Waals surface area contributed by atoms with Gasteiger partial charge in [0.1, 0.15) is 0 Å². The highest BCUT2D eigenvalue weighted by atomic mass is 19.4. The van der Waals surface area contributed by atoms with Gasteiger partial charge >= 0.3 is 6.18 Å². The standard InChI is InChI=1S/C14H19F3N2/c15-14(16,17)10-19(13-5-6-13)9-12-4-2-1-3-11(12)7-8-18/h1-4,13H,5-10,18H2. The van der Waals surface area contributed by atoms with Crippen LogP contribution >= 0.6 is 0 Å². The van der Waals surface area contributed by atoms with E-state index in [9.17, 15) is 13.2 Å². The normalized spacial score (nSPS) is 16.1. The number of benzene rings is 1. The molecule has 0 atom stereocenters. The van der Waals surface area contributed by atoms with Gasteiger partial charge in [0, 0.05) is 12.6 Å². The molecule has 1 aromatic rings. The van der Waals surface area contributed by atoms with Gasteiger partial charge in [0.2, 0.25) is 0 Å². The summed E-state index contributed by atoms with van der Waals surface area (Å²) in [6, 6.07) is 7.71. The molecule has 1 aliphatic carbocycles. The Balaban J connectivity index is 2.08. The Morgan fingerprint density at radius 1 is 1.16 bits per heavy atom. The first-order valence-electron chi connectivity index (χ1n) is 6.57. The van der Waals surface area contributed by atoms with Crippen molar-refractivity contribution in [3.63, 3.8) is 0 Å². The van der Waals surface area contributed by atoms with Crippen molar-refractivity contribution in [3.8, 4) is 0 Å². The van der Waals surface area contributed by atoms with Crippen molar-refractivity contribution >= 4 is 0 Å². The molecule has 2 rings (SSSR count). The molecule has 106 valence electrons. The zero-order valence-corrected chi connectivity index (χ0v) is 10.8. The maximum Gasteiger partial charge on any atom is 0.401 e. The summed E-state index contributed by atoms with van der Waals surface area (Å²) in [6.07, 6.45) is -1.68. The first-order chi connectivity index (χ1) is 8.99. The van der Waals surface area contributed by atoms with E-state index in [2.05, 4.69) is 0 Å². The lowest BCUT2D eigenvalue weighted by atomic mass is 10.0. The molecular formula is C14H19F3N2. The summed E-state index contributed by atoms with van der Waals surface area (Å²) in [5, 5.41) is 0. The Labute approximate surface area is 111 Å². The molecule has 0 radical (unpaired) electrons. The predicted octanol–water partition coefficient (Wildman–Crippen LogP) is 2.71. The average molecular weight is 272 g/mol. The van der Waals surface area contributed by atoms with Gasteiger partial charge in [-0.3, -0.25) is 4.90 Å². The summed E-state index contributed by atoms with van der Waals surface area (Å²) < 4.78 is 37.8. The number of rotatable bonds is 6. The van der Waals surface area contributed by atoms with Gasteiger partial charge in [0.25, 0.3) is 0 Å². The van der Waals surface area contributed by atoms with E-state index in [1.165, 1.54) is 4.90 Å². The number of halogens is 3.